The quantitative estimate of drug-likeness (QED) is 0.888. The van der Waals surface area contributed by atoms with Crippen LogP contribution in [0.3, 0.4) is 0 Å². The van der Waals surface area contributed by atoms with E-state index in [-0.39, 0.29) is 29.3 Å². The van der Waals surface area contributed by atoms with Gasteiger partial charge in [-0.05, 0) is 65.2 Å². The smallest absolute Gasteiger partial charge is 0.251 e. The molecule has 0 aromatic heterocycles. The van der Waals surface area contributed by atoms with Crippen molar-refractivity contribution in [3.05, 3.63) is 29.8 Å². The molecule has 1 aromatic carbocycles. The fourth-order valence-corrected chi connectivity index (χ4v) is 3.72. The lowest BCUT2D eigenvalue weighted by molar-refractivity contribution is -0.0693. The van der Waals surface area contributed by atoms with Crippen LogP contribution in [0.1, 0.15) is 57.3 Å². The maximum Gasteiger partial charge on any atom is 0.251 e. The number of ether oxygens (including phenoxy) is 3. The van der Waals surface area contributed by atoms with Crippen LogP contribution in [0.5, 0.6) is 5.75 Å². The first-order valence-corrected chi connectivity index (χ1v) is 9.11. The predicted octanol–water partition coefficient (Wildman–Crippen LogP) is 3.32. The van der Waals surface area contributed by atoms with Gasteiger partial charge in [-0.2, -0.15) is 0 Å². The Labute approximate surface area is 150 Å². The van der Waals surface area contributed by atoms with E-state index in [1.165, 1.54) is 0 Å². The van der Waals surface area contributed by atoms with Crippen molar-refractivity contribution in [2.75, 3.05) is 13.2 Å². The molecule has 3 rings (SSSR count). The van der Waals surface area contributed by atoms with Gasteiger partial charge in [0, 0.05) is 12.2 Å². The number of hydrogen-bond acceptors (Lipinski definition) is 4. The predicted molar refractivity (Wildman–Crippen MR) is 96.0 cm³/mol. The first-order chi connectivity index (χ1) is 11.8. The molecule has 25 heavy (non-hydrogen) atoms. The number of carbonyl (C=O) groups excluding carboxylic acids is 1. The fourth-order valence-electron chi connectivity index (χ4n) is 3.72. The average Bonchev–Trinajstić information content (AvgIpc) is 3.11. The summed E-state index contributed by atoms with van der Waals surface area (Å²) in [7, 11) is 0. The summed E-state index contributed by atoms with van der Waals surface area (Å²) in [4.78, 5) is 12.7. The van der Waals surface area contributed by atoms with Gasteiger partial charge in [0.15, 0.2) is 0 Å². The van der Waals surface area contributed by atoms with Crippen molar-refractivity contribution in [1.29, 1.82) is 0 Å². The third-order valence-corrected chi connectivity index (χ3v) is 4.94. The van der Waals surface area contributed by atoms with Crippen molar-refractivity contribution >= 4 is 5.91 Å². The summed E-state index contributed by atoms with van der Waals surface area (Å²) >= 11 is 0. The second-order valence-corrected chi connectivity index (χ2v) is 8.17. The van der Waals surface area contributed by atoms with Crippen molar-refractivity contribution in [1.82, 2.24) is 5.32 Å². The molecule has 0 aliphatic carbocycles. The van der Waals surface area contributed by atoms with E-state index in [4.69, 9.17) is 14.2 Å². The molecule has 2 saturated heterocycles. The Morgan fingerprint density at radius 3 is 2.76 bits per heavy atom. The largest absolute Gasteiger partial charge is 0.491 e. The lowest BCUT2D eigenvalue weighted by Crippen LogP contribution is -2.46. The molecule has 0 radical (unpaired) electrons. The molecule has 2 heterocycles. The van der Waals surface area contributed by atoms with Crippen LogP contribution in [0.4, 0.5) is 0 Å². The van der Waals surface area contributed by atoms with Crippen LogP contribution in [0.25, 0.3) is 0 Å². The third kappa shape index (κ3) is 4.53. The van der Waals surface area contributed by atoms with E-state index in [1.807, 2.05) is 32.0 Å². The van der Waals surface area contributed by atoms with E-state index in [0.29, 0.717) is 17.9 Å². The van der Waals surface area contributed by atoms with Crippen LogP contribution in [0.15, 0.2) is 24.3 Å². The summed E-state index contributed by atoms with van der Waals surface area (Å²) in [5, 5.41) is 3.12. The minimum atomic E-state index is -0.382. The van der Waals surface area contributed by atoms with Crippen LogP contribution in [0, 0.1) is 0 Å². The summed E-state index contributed by atoms with van der Waals surface area (Å²) in [5.41, 5.74) is -0.00817. The molecule has 2 atom stereocenters. The van der Waals surface area contributed by atoms with Crippen molar-refractivity contribution in [3.63, 3.8) is 0 Å². The molecule has 2 aliphatic rings. The molecule has 0 spiro atoms. The molecule has 138 valence electrons. The molecular weight excluding hydrogens is 318 g/mol. The van der Waals surface area contributed by atoms with Crippen molar-refractivity contribution in [2.24, 2.45) is 0 Å². The average molecular weight is 347 g/mol. The summed E-state index contributed by atoms with van der Waals surface area (Å²) in [6, 6.07) is 7.30. The molecule has 2 fully saturated rings. The Bertz CT molecular complexity index is 620. The van der Waals surface area contributed by atoms with Gasteiger partial charge in [-0.3, -0.25) is 4.79 Å². The number of nitrogens with one attached hydrogen (secondary N) is 1. The molecule has 0 bridgehead atoms. The standard InChI is InChI=1S/C20H29NO4/c1-19(2)12-17(20(3,4)25-19)21-18(22)14-7-5-8-15(11-14)24-13-16-9-6-10-23-16/h5,7-8,11,16-17H,6,9-10,12-13H2,1-4H3,(H,21,22)/t16-,17+/m0/s1. The zero-order chi connectivity index (χ0) is 18.1. The Hall–Kier alpha value is -1.59. The van der Waals surface area contributed by atoms with Gasteiger partial charge in [-0.1, -0.05) is 6.07 Å². The summed E-state index contributed by atoms with van der Waals surface area (Å²) < 4.78 is 17.4. The highest BCUT2D eigenvalue weighted by Crippen LogP contribution is 2.37. The van der Waals surface area contributed by atoms with Crippen molar-refractivity contribution < 1.29 is 19.0 Å². The molecule has 5 heteroatoms. The van der Waals surface area contributed by atoms with E-state index in [1.54, 1.807) is 6.07 Å². The Morgan fingerprint density at radius 1 is 1.32 bits per heavy atom. The van der Waals surface area contributed by atoms with Crippen LogP contribution in [0.2, 0.25) is 0 Å². The third-order valence-electron chi connectivity index (χ3n) is 4.94. The van der Waals surface area contributed by atoms with Crippen LogP contribution in [-0.4, -0.2) is 42.5 Å². The number of carbonyl (C=O) groups is 1. The maximum atomic E-state index is 12.7. The van der Waals surface area contributed by atoms with E-state index in [0.717, 1.165) is 25.9 Å². The lowest BCUT2D eigenvalue weighted by atomic mass is 9.94. The monoisotopic (exact) mass is 347 g/mol. The Kier molecular flexibility index (Phi) is 5.07. The fraction of sp³-hybridized carbons (Fsp3) is 0.650. The summed E-state index contributed by atoms with van der Waals surface area (Å²) in [6.45, 7) is 9.50. The highest BCUT2D eigenvalue weighted by atomic mass is 16.5. The molecule has 1 N–H and O–H groups in total. The molecule has 1 amide bonds. The minimum absolute atomic E-state index is 0.0218. The van der Waals surface area contributed by atoms with Crippen molar-refractivity contribution in [3.8, 4) is 5.75 Å². The Morgan fingerprint density at radius 2 is 2.12 bits per heavy atom. The van der Waals surface area contributed by atoms with Gasteiger partial charge in [0.05, 0.1) is 23.3 Å². The molecular formula is C20H29NO4. The van der Waals surface area contributed by atoms with Gasteiger partial charge in [0.25, 0.3) is 5.91 Å². The SMILES string of the molecule is CC1(C)C[C@@H](NC(=O)c2cccc(OC[C@@H]3CCCO3)c2)C(C)(C)O1. The Balaban J connectivity index is 1.61. The maximum absolute atomic E-state index is 12.7. The summed E-state index contributed by atoms with van der Waals surface area (Å²) in [5.74, 6) is 0.604. The lowest BCUT2D eigenvalue weighted by Gasteiger charge is -2.27. The molecule has 5 nitrogen and oxygen atoms in total. The topological polar surface area (TPSA) is 56.8 Å². The van der Waals surface area contributed by atoms with Gasteiger partial charge in [0.2, 0.25) is 0 Å². The van der Waals surface area contributed by atoms with Gasteiger partial charge in [-0.25, -0.2) is 0 Å². The van der Waals surface area contributed by atoms with E-state index in [9.17, 15) is 4.79 Å². The number of benzene rings is 1. The van der Waals surface area contributed by atoms with Crippen LogP contribution >= 0.6 is 0 Å². The van der Waals surface area contributed by atoms with Crippen LogP contribution in [-0.2, 0) is 9.47 Å². The normalized spacial score (nSPS) is 27.2. The van der Waals surface area contributed by atoms with E-state index < -0.39 is 0 Å². The van der Waals surface area contributed by atoms with Crippen LogP contribution < -0.4 is 10.1 Å². The second-order valence-electron chi connectivity index (χ2n) is 8.17. The first-order valence-electron chi connectivity index (χ1n) is 9.11. The van der Waals surface area contributed by atoms with E-state index >= 15 is 0 Å². The van der Waals surface area contributed by atoms with Gasteiger partial charge >= 0.3 is 0 Å². The first kappa shape index (κ1) is 18.2. The van der Waals surface area contributed by atoms with Gasteiger partial charge in [-0.15, -0.1) is 0 Å². The molecule has 1 aromatic rings. The van der Waals surface area contributed by atoms with Gasteiger partial charge in [0.1, 0.15) is 12.4 Å². The highest BCUT2D eigenvalue weighted by Gasteiger charge is 2.46. The molecule has 0 saturated carbocycles. The van der Waals surface area contributed by atoms with Crippen molar-refractivity contribution in [2.45, 2.75) is 70.3 Å². The molecule has 0 unspecified atom stereocenters. The number of rotatable bonds is 5. The number of hydrogen-bond donors (Lipinski definition) is 1. The number of amides is 1. The zero-order valence-corrected chi connectivity index (χ0v) is 15.6. The van der Waals surface area contributed by atoms with E-state index in [2.05, 4.69) is 19.2 Å². The highest BCUT2D eigenvalue weighted by molar-refractivity contribution is 5.94. The second kappa shape index (κ2) is 6.96. The minimum Gasteiger partial charge on any atom is -0.491 e. The zero-order valence-electron chi connectivity index (χ0n) is 15.6. The summed E-state index contributed by atoms with van der Waals surface area (Å²) in [6.07, 6.45) is 3.08. The van der Waals surface area contributed by atoms with Gasteiger partial charge < -0.3 is 19.5 Å². The molecule has 2 aliphatic heterocycles.